The summed E-state index contributed by atoms with van der Waals surface area (Å²) < 4.78 is 2.05. The highest BCUT2D eigenvalue weighted by Crippen LogP contribution is 2.34. The van der Waals surface area contributed by atoms with Crippen molar-refractivity contribution in [3.63, 3.8) is 0 Å². The molecule has 1 heterocycles. The number of amidine groups is 1. The van der Waals surface area contributed by atoms with Gasteiger partial charge in [-0.1, -0.05) is 31.3 Å². The van der Waals surface area contributed by atoms with E-state index in [2.05, 4.69) is 21.6 Å². The van der Waals surface area contributed by atoms with E-state index in [1.165, 1.54) is 25.7 Å². The first-order valence-corrected chi connectivity index (χ1v) is 6.27. The Morgan fingerprint density at radius 1 is 1.65 bits per heavy atom. The molecule has 2 atom stereocenters. The van der Waals surface area contributed by atoms with Crippen molar-refractivity contribution in [3.8, 4) is 0 Å². The van der Waals surface area contributed by atoms with Crippen LogP contribution in [0.25, 0.3) is 0 Å². The molecule has 1 fully saturated rings. The Hall–Kier alpha value is -1.52. The maximum Gasteiger partial charge on any atom is 0.206 e. The minimum Gasteiger partial charge on any atom is -0.409 e. The third kappa shape index (κ3) is 2.43. The summed E-state index contributed by atoms with van der Waals surface area (Å²) in [6.45, 7) is 2.24. The van der Waals surface area contributed by atoms with Gasteiger partial charge in [0.05, 0.1) is 0 Å². The van der Waals surface area contributed by atoms with Gasteiger partial charge in [-0.25, -0.2) is 4.98 Å². The number of hydrogen-bond acceptors (Lipinski definition) is 3. The monoisotopic (exact) mass is 236 g/mol. The van der Waals surface area contributed by atoms with Crippen LogP contribution in [0.2, 0.25) is 0 Å². The second kappa shape index (κ2) is 5.21. The first-order chi connectivity index (χ1) is 8.26. The van der Waals surface area contributed by atoms with Gasteiger partial charge >= 0.3 is 0 Å². The van der Waals surface area contributed by atoms with Gasteiger partial charge in [0.2, 0.25) is 5.84 Å². The highest BCUT2D eigenvalue weighted by molar-refractivity contribution is 5.93. The van der Waals surface area contributed by atoms with Crippen LogP contribution in [0.4, 0.5) is 0 Å². The Kier molecular flexibility index (Phi) is 3.66. The molecule has 1 aliphatic rings. The van der Waals surface area contributed by atoms with E-state index in [0.29, 0.717) is 11.9 Å². The van der Waals surface area contributed by atoms with Crippen LogP contribution < -0.4 is 5.73 Å². The largest absolute Gasteiger partial charge is 0.409 e. The molecular formula is C12H20N4O. The lowest BCUT2D eigenvalue weighted by Crippen LogP contribution is -2.25. The SMILES string of the molecule is CCC1CCCC(n2ccnc2C(N)=NO)C1. The first-order valence-electron chi connectivity index (χ1n) is 6.27. The fourth-order valence-electron chi connectivity index (χ4n) is 2.74. The lowest BCUT2D eigenvalue weighted by molar-refractivity contribution is 0.260. The highest BCUT2D eigenvalue weighted by atomic mass is 16.4. The molecule has 0 aliphatic heterocycles. The summed E-state index contributed by atoms with van der Waals surface area (Å²) in [5.41, 5.74) is 5.63. The maximum absolute atomic E-state index is 8.74. The van der Waals surface area contributed by atoms with Crippen LogP contribution in [0, 0.1) is 5.92 Å². The van der Waals surface area contributed by atoms with Gasteiger partial charge in [0, 0.05) is 18.4 Å². The standard InChI is InChI=1S/C12H20N4O/c1-2-9-4-3-5-10(8-9)16-7-6-14-12(16)11(13)15-17/h6-7,9-10,17H,2-5,8H2,1H3,(H2,13,15). The predicted molar refractivity (Wildman–Crippen MR) is 66.0 cm³/mol. The quantitative estimate of drug-likeness (QED) is 0.365. The Morgan fingerprint density at radius 3 is 3.18 bits per heavy atom. The summed E-state index contributed by atoms with van der Waals surface area (Å²) in [4.78, 5) is 4.16. The number of aromatic nitrogens is 2. The second-order valence-electron chi connectivity index (χ2n) is 4.74. The molecule has 0 spiro atoms. The molecule has 5 nitrogen and oxygen atoms in total. The van der Waals surface area contributed by atoms with Crippen molar-refractivity contribution in [1.29, 1.82) is 0 Å². The fraction of sp³-hybridized carbons (Fsp3) is 0.667. The molecule has 0 saturated heterocycles. The van der Waals surface area contributed by atoms with Crippen LogP contribution in [0.3, 0.4) is 0 Å². The normalized spacial score (nSPS) is 26.1. The van der Waals surface area contributed by atoms with Gasteiger partial charge in [-0.3, -0.25) is 0 Å². The van der Waals surface area contributed by atoms with Crippen LogP contribution in [-0.2, 0) is 0 Å². The molecule has 2 rings (SSSR count). The Labute approximate surface area is 101 Å². The van der Waals surface area contributed by atoms with E-state index < -0.39 is 0 Å². The first kappa shape index (κ1) is 12.0. The molecule has 94 valence electrons. The maximum atomic E-state index is 8.74. The minimum absolute atomic E-state index is 0.0913. The average molecular weight is 236 g/mol. The summed E-state index contributed by atoms with van der Waals surface area (Å²) in [5, 5.41) is 11.8. The fourth-order valence-corrected chi connectivity index (χ4v) is 2.74. The molecule has 1 aromatic rings. The molecule has 3 N–H and O–H groups in total. The zero-order valence-electron chi connectivity index (χ0n) is 10.2. The van der Waals surface area contributed by atoms with Crippen molar-refractivity contribution in [3.05, 3.63) is 18.2 Å². The van der Waals surface area contributed by atoms with Gasteiger partial charge in [-0.05, 0) is 18.8 Å². The number of rotatable bonds is 3. The van der Waals surface area contributed by atoms with E-state index in [9.17, 15) is 0 Å². The number of hydrogen-bond donors (Lipinski definition) is 2. The van der Waals surface area contributed by atoms with E-state index >= 15 is 0 Å². The van der Waals surface area contributed by atoms with Gasteiger partial charge in [-0.2, -0.15) is 0 Å². The molecule has 0 aromatic carbocycles. The summed E-state index contributed by atoms with van der Waals surface area (Å²) in [7, 11) is 0. The number of oxime groups is 1. The summed E-state index contributed by atoms with van der Waals surface area (Å²) in [6.07, 6.45) is 9.75. The van der Waals surface area contributed by atoms with E-state index in [1.54, 1.807) is 6.20 Å². The Balaban J connectivity index is 2.19. The van der Waals surface area contributed by atoms with Crippen LogP contribution in [0.15, 0.2) is 17.5 Å². The number of nitrogens with zero attached hydrogens (tertiary/aromatic N) is 3. The highest BCUT2D eigenvalue weighted by Gasteiger charge is 2.24. The third-order valence-corrected chi connectivity index (χ3v) is 3.73. The Bertz CT molecular complexity index is 399. The van der Waals surface area contributed by atoms with Crippen molar-refractivity contribution in [2.45, 2.75) is 45.1 Å². The third-order valence-electron chi connectivity index (χ3n) is 3.73. The van der Waals surface area contributed by atoms with Crippen molar-refractivity contribution in [2.24, 2.45) is 16.8 Å². The minimum atomic E-state index is 0.0913. The van der Waals surface area contributed by atoms with E-state index in [0.717, 1.165) is 12.3 Å². The number of nitrogens with two attached hydrogens (primary N) is 1. The van der Waals surface area contributed by atoms with E-state index in [4.69, 9.17) is 10.9 Å². The van der Waals surface area contributed by atoms with Crippen molar-refractivity contribution < 1.29 is 5.21 Å². The summed E-state index contributed by atoms with van der Waals surface area (Å²) >= 11 is 0. The van der Waals surface area contributed by atoms with Crippen LogP contribution in [0.5, 0.6) is 0 Å². The molecule has 1 aromatic heterocycles. The van der Waals surface area contributed by atoms with Gasteiger partial charge in [0.15, 0.2) is 5.82 Å². The van der Waals surface area contributed by atoms with Crippen molar-refractivity contribution >= 4 is 5.84 Å². The zero-order chi connectivity index (χ0) is 12.3. The molecule has 0 amide bonds. The van der Waals surface area contributed by atoms with Crippen LogP contribution in [-0.4, -0.2) is 20.6 Å². The molecule has 5 heteroatoms. The van der Waals surface area contributed by atoms with Gasteiger partial charge in [0.25, 0.3) is 0 Å². The van der Waals surface area contributed by atoms with Crippen LogP contribution in [0.1, 0.15) is 50.9 Å². The van der Waals surface area contributed by atoms with E-state index in [1.807, 2.05) is 6.20 Å². The van der Waals surface area contributed by atoms with Gasteiger partial charge < -0.3 is 15.5 Å². The molecule has 0 radical (unpaired) electrons. The summed E-state index contributed by atoms with van der Waals surface area (Å²) in [5.74, 6) is 1.46. The Morgan fingerprint density at radius 2 is 2.47 bits per heavy atom. The molecule has 0 bridgehead atoms. The van der Waals surface area contributed by atoms with Gasteiger partial charge in [-0.15, -0.1) is 0 Å². The lowest BCUT2D eigenvalue weighted by atomic mass is 9.84. The number of imidazole rings is 1. The molecule has 1 aliphatic carbocycles. The molecule has 1 saturated carbocycles. The zero-order valence-corrected chi connectivity index (χ0v) is 10.2. The molecular weight excluding hydrogens is 216 g/mol. The average Bonchev–Trinajstić information content (AvgIpc) is 2.87. The molecule has 2 unspecified atom stereocenters. The van der Waals surface area contributed by atoms with Crippen molar-refractivity contribution in [1.82, 2.24) is 9.55 Å². The summed E-state index contributed by atoms with van der Waals surface area (Å²) in [6, 6.07) is 0.437. The molecule has 17 heavy (non-hydrogen) atoms. The predicted octanol–water partition coefficient (Wildman–Crippen LogP) is 2.12. The second-order valence-corrected chi connectivity index (χ2v) is 4.74. The van der Waals surface area contributed by atoms with Gasteiger partial charge in [0.1, 0.15) is 0 Å². The topological polar surface area (TPSA) is 76.4 Å². The van der Waals surface area contributed by atoms with Crippen LogP contribution >= 0.6 is 0 Å². The van der Waals surface area contributed by atoms with E-state index in [-0.39, 0.29) is 5.84 Å². The lowest BCUT2D eigenvalue weighted by Gasteiger charge is -2.30. The smallest absolute Gasteiger partial charge is 0.206 e. The van der Waals surface area contributed by atoms with Crippen molar-refractivity contribution in [2.75, 3.05) is 0 Å².